The Kier molecular flexibility index (Phi) is 5.46. The molecule has 4 aromatic rings. The van der Waals surface area contributed by atoms with Crippen molar-refractivity contribution in [2.24, 2.45) is 5.10 Å². The van der Waals surface area contributed by atoms with Gasteiger partial charge in [0.1, 0.15) is 16.9 Å². The Morgan fingerprint density at radius 3 is 2.69 bits per heavy atom. The molecule has 0 aliphatic carbocycles. The standard InChI is InChI=1S/C23H21ClN6O2/c24-15-9-7-14(8-10-15)12-27-30-21(25)19(23(31)26-13-16-4-3-11-32-16)20-22(30)29-18-6-2-1-5-17(18)28-20/h1-2,5-10,12,16H,3-4,11,13,25H2,(H,26,31)/b27-12+. The molecule has 1 atom stereocenters. The minimum Gasteiger partial charge on any atom is -0.383 e. The molecule has 1 aliphatic rings. The van der Waals surface area contributed by atoms with E-state index in [0.717, 1.165) is 25.0 Å². The topological polar surface area (TPSA) is 107 Å². The third kappa shape index (κ3) is 3.90. The Morgan fingerprint density at radius 2 is 1.97 bits per heavy atom. The first kappa shape index (κ1) is 20.4. The van der Waals surface area contributed by atoms with Gasteiger partial charge in [-0.25, -0.2) is 9.97 Å². The predicted octanol–water partition coefficient (Wildman–Crippen LogP) is 3.61. The first-order valence-corrected chi connectivity index (χ1v) is 10.7. The zero-order valence-electron chi connectivity index (χ0n) is 17.2. The van der Waals surface area contributed by atoms with Crippen molar-refractivity contribution in [1.82, 2.24) is 20.0 Å². The van der Waals surface area contributed by atoms with Gasteiger partial charge in [0.15, 0.2) is 5.65 Å². The van der Waals surface area contributed by atoms with Crippen molar-refractivity contribution in [2.45, 2.75) is 18.9 Å². The van der Waals surface area contributed by atoms with E-state index in [1.165, 1.54) is 4.68 Å². The molecular formula is C23H21ClN6O2. The number of benzene rings is 2. The summed E-state index contributed by atoms with van der Waals surface area (Å²) in [6.45, 7) is 1.14. The third-order valence-corrected chi connectivity index (χ3v) is 5.66. The van der Waals surface area contributed by atoms with Gasteiger partial charge in [0.05, 0.1) is 23.4 Å². The second kappa shape index (κ2) is 8.57. The average molecular weight is 449 g/mol. The molecule has 3 heterocycles. The van der Waals surface area contributed by atoms with E-state index in [4.69, 9.17) is 22.1 Å². The highest BCUT2D eigenvalue weighted by atomic mass is 35.5. The molecule has 1 unspecified atom stereocenters. The van der Waals surface area contributed by atoms with Crippen LogP contribution in [0.15, 0.2) is 53.6 Å². The van der Waals surface area contributed by atoms with Crippen LogP contribution in [0, 0.1) is 0 Å². The molecule has 1 aliphatic heterocycles. The summed E-state index contributed by atoms with van der Waals surface area (Å²) in [5.41, 5.74) is 9.66. The number of carbonyl (C=O) groups excluding carboxylic acids is 1. The summed E-state index contributed by atoms with van der Waals surface area (Å²) in [7, 11) is 0. The van der Waals surface area contributed by atoms with Gasteiger partial charge in [-0.1, -0.05) is 35.9 Å². The van der Waals surface area contributed by atoms with Gasteiger partial charge in [-0.05, 0) is 42.7 Å². The summed E-state index contributed by atoms with van der Waals surface area (Å²) in [4.78, 5) is 22.5. The van der Waals surface area contributed by atoms with E-state index in [1.54, 1.807) is 18.3 Å². The third-order valence-electron chi connectivity index (χ3n) is 5.41. The van der Waals surface area contributed by atoms with Crippen molar-refractivity contribution >= 4 is 51.7 Å². The molecule has 2 aromatic carbocycles. The molecule has 0 bridgehead atoms. The number of rotatable bonds is 5. The predicted molar refractivity (Wildman–Crippen MR) is 125 cm³/mol. The summed E-state index contributed by atoms with van der Waals surface area (Å²) < 4.78 is 7.05. The van der Waals surface area contributed by atoms with Crippen molar-refractivity contribution < 1.29 is 9.53 Å². The summed E-state index contributed by atoms with van der Waals surface area (Å²) in [6, 6.07) is 14.7. The number of hydrogen-bond donors (Lipinski definition) is 2. The summed E-state index contributed by atoms with van der Waals surface area (Å²) in [5.74, 6) is -0.154. The van der Waals surface area contributed by atoms with E-state index in [1.807, 2.05) is 36.4 Å². The number of hydrogen-bond acceptors (Lipinski definition) is 6. The van der Waals surface area contributed by atoms with Gasteiger partial charge in [0.25, 0.3) is 5.91 Å². The number of halogens is 1. The van der Waals surface area contributed by atoms with Crippen LogP contribution in [0.5, 0.6) is 0 Å². The molecule has 8 nitrogen and oxygen atoms in total. The molecule has 9 heteroatoms. The SMILES string of the molecule is Nc1c(C(=O)NCC2CCCO2)c2nc3ccccc3nc2n1/N=C/c1ccc(Cl)cc1. The van der Waals surface area contributed by atoms with E-state index >= 15 is 0 Å². The quantitative estimate of drug-likeness (QED) is 0.453. The summed E-state index contributed by atoms with van der Waals surface area (Å²) in [6.07, 6.45) is 3.58. The zero-order chi connectivity index (χ0) is 22.1. The van der Waals surface area contributed by atoms with Crippen molar-refractivity contribution in [1.29, 1.82) is 0 Å². The molecule has 32 heavy (non-hydrogen) atoms. The minimum atomic E-state index is -0.326. The van der Waals surface area contributed by atoms with Crippen molar-refractivity contribution in [3.8, 4) is 0 Å². The Bertz CT molecular complexity index is 1330. The Hall–Kier alpha value is -3.49. The van der Waals surface area contributed by atoms with Crippen LogP contribution in [0.4, 0.5) is 5.82 Å². The van der Waals surface area contributed by atoms with Crippen LogP contribution >= 0.6 is 11.6 Å². The number of amides is 1. The van der Waals surface area contributed by atoms with Crippen LogP contribution < -0.4 is 11.1 Å². The Morgan fingerprint density at radius 1 is 1.22 bits per heavy atom. The lowest BCUT2D eigenvalue weighted by Crippen LogP contribution is -2.32. The van der Waals surface area contributed by atoms with E-state index in [9.17, 15) is 4.79 Å². The molecular weight excluding hydrogens is 428 g/mol. The van der Waals surface area contributed by atoms with E-state index in [0.29, 0.717) is 33.8 Å². The van der Waals surface area contributed by atoms with Crippen LogP contribution in [0.1, 0.15) is 28.8 Å². The average Bonchev–Trinajstić information content (AvgIpc) is 3.41. The number of nitrogens with one attached hydrogen (secondary N) is 1. The Balaban J connectivity index is 1.58. The highest BCUT2D eigenvalue weighted by Gasteiger charge is 2.25. The van der Waals surface area contributed by atoms with Crippen LogP contribution in [0.2, 0.25) is 5.02 Å². The highest BCUT2D eigenvalue weighted by molar-refractivity contribution is 6.30. The largest absolute Gasteiger partial charge is 0.383 e. The fourth-order valence-electron chi connectivity index (χ4n) is 3.76. The van der Waals surface area contributed by atoms with Crippen molar-refractivity contribution in [3.63, 3.8) is 0 Å². The molecule has 1 amide bonds. The summed E-state index contributed by atoms with van der Waals surface area (Å²) >= 11 is 5.96. The fraction of sp³-hybridized carbons (Fsp3) is 0.217. The van der Waals surface area contributed by atoms with Gasteiger partial charge in [-0.3, -0.25) is 4.79 Å². The number of nitrogen functional groups attached to an aromatic ring is 1. The van der Waals surface area contributed by atoms with Gasteiger partial charge >= 0.3 is 0 Å². The number of carbonyl (C=O) groups is 1. The van der Waals surface area contributed by atoms with Gasteiger partial charge < -0.3 is 15.8 Å². The maximum Gasteiger partial charge on any atom is 0.257 e. The van der Waals surface area contributed by atoms with Crippen LogP contribution in [0.25, 0.3) is 22.2 Å². The molecule has 0 radical (unpaired) electrons. The van der Waals surface area contributed by atoms with Crippen molar-refractivity contribution in [2.75, 3.05) is 18.9 Å². The smallest absolute Gasteiger partial charge is 0.257 e. The number of nitrogens with two attached hydrogens (primary N) is 1. The first-order chi connectivity index (χ1) is 15.6. The van der Waals surface area contributed by atoms with Crippen LogP contribution in [0.3, 0.4) is 0 Å². The molecule has 3 N–H and O–H groups in total. The fourth-order valence-corrected chi connectivity index (χ4v) is 3.89. The number of fused-ring (bicyclic) bond motifs is 2. The number of aromatic nitrogens is 3. The summed E-state index contributed by atoms with van der Waals surface area (Å²) in [5, 5.41) is 8.06. The maximum atomic E-state index is 13.1. The Labute approximate surface area is 189 Å². The molecule has 5 rings (SSSR count). The first-order valence-electron chi connectivity index (χ1n) is 10.4. The second-order valence-electron chi connectivity index (χ2n) is 7.60. The van der Waals surface area contributed by atoms with Gasteiger partial charge in [0.2, 0.25) is 0 Å². The maximum absolute atomic E-state index is 13.1. The lowest BCUT2D eigenvalue weighted by molar-refractivity contribution is 0.0859. The number of para-hydroxylation sites is 2. The van der Waals surface area contributed by atoms with Gasteiger partial charge in [0, 0.05) is 18.2 Å². The number of ether oxygens (including phenoxy) is 1. The van der Waals surface area contributed by atoms with E-state index < -0.39 is 0 Å². The molecule has 0 saturated carbocycles. The molecule has 2 aromatic heterocycles. The van der Waals surface area contributed by atoms with Crippen LogP contribution in [-0.2, 0) is 4.74 Å². The van der Waals surface area contributed by atoms with Gasteiger partial charge in [-0.2, -0.15) is 9.78 Å². The lowest BCUT2D eigenvalue weighted by Gasteiger charge is -2.10. The zero-order valence-corrected chi connectivity index (χ0v) is 17.9. The normalized spacial score (nSPS) is 16.3. The number of anilines is 1. The molecule has 1 fully saturated rings. The second-order valence-corrected chi connectivity index (χ2v) is 8.03. The molecule has 162 valence electrons. The van der Waals surface area contributed by atoms with Gasteiger partial charge in [-0.15, -0.1) is 0 Å². The van der Waals surface area contributed by atoms with Crippen molar-refractivity contribution in [3.05, 3.63) is 64.7 Å². The molecule has 0 spiro atoms. The highest BCUT2D eigenvalue weighted by Crippen LogP contribution is 2.28. The van der Waals surface area contributed by atoms with E-state index in [-0.39, 0.29) is 23.4 Å². The number of nitrogens with zero attached hydrogens (tertiary/aromatic N) is 4. The van der Waals surface area contributed by atoms with Crippen LogP contribution in [-0.4, -0.2) is 46.0 Å². The monoisotopic (exact) mass is 448 g/mol. The molecule has 1 saturated heterocycles. The van der Waals surface area contributed by atoms with E-state index in [2.05, 4.69) is 20.4 Å². The minimum absolute atomic E-state index is 0.0170. The lowest BCUT2D eigenvalue weighted by atomic mass is 10.2.